The number of carbonyl (C=O) groups excluding carboxylic acids is 2. The predicted molar refractivity (Wildman–Crippen MR) is 115 cm³/mol. The smallest absolute Gasteiger partial charge is 0.379 e. The molecule has 4 aromatic rings. The van der Waals surface area contributed by atoms with Crippen molar-refractivity contribution in [2.24, 2.45) is 0 Å². The van der Waals surface area contributed by atoms with E-state index in [2.05, 4.69) is 0 Å². The van der Waals surface area contributed by atoms with Crippen LogP contribution in [-0.4, -0.2) is 11.8 Å². The summed E-state index contributed by atoms with van der Waals surface area (Å²) in [6.45, 7) is 0. The van der Waals surface area contributed by atoms with Crippen molar-refractivity contribution in [2.75, 3.05) is 0 Å². The maximum absolute atomic E-state index is 12.7. The summed E-state index contributed by atoms with van der Waals surface area (Å²) < 4.78 is 16.1. The fraction of sp³-hybridized carbons (Fsp3) is 0. The number of fused-ring (bicyclic) bond motifs is 1. The third kappa shape index (κ3) is 3.76. The number of carbonyl (C=O) groups is 2. The quantitative estimate of drug-likeness (QED) is 0.243. The van der Waals surface area contributed by atoms with Crippen LogP contribution in [0.1, 0.15) is 26.5 Å². The van der Waals surface area contributed by atoms with Crippen molar-refractivity contribution in [3.63, 3.8) is 0 Å². The number of Topliss-reactive ketones (excluding diaryl/α,β-unsaturated/α-hetero) is 1. The number of benzene rings is 3. The van der Waals surface area contributed by atoms with Crippen LogP contribution < -0.4 is 9.47 Å². The number of rotatable bonds is 4. The predicted octanol–water partition coefficient (Wildman–Crippen LogP) is 5.78. The molecule has 5 rings (SSSR count). The van der Waals surface area contributed by atoms with Gasteiger partial charge < -0.3 is 13.9 Å². The average molecular weight is 408 g/mol. The number of furan rings is 1. The lowest BCUT2D eigenvalue weighted by Gasteiger charge is -2.04. The molecule has 5 nitrogen and oxygen atoms in total. The van der Waals surface area contributed by atoms with Gasteiger partial charge in [0, 0.05) is 6.07 Å². The summed E-state index contributed by atoms with van der Waals surface area (Å²) in [6, 6.07) is 25.7. The molecule has 1 aliphatic heterocycles. The fourth-order valence-corrected chi connectivity index (χ4v) is 3.34. The molecule has 0 spiro atoms. The number of ketones is 1. The maximum Gasteiger partial charge on any atom is 0.379 e. The number of hydrogen-bond acceptors (Lipinski definition) is 5. The molecule has 0 amide bonds. The summed E-state index contributed by atoms with van der Waals surface area (Å²) in [6.07, 6.45) is 3.09. The summed E-state index contributed by atoms with van der Waals surface area (Å²) in [4.78, 5) is 24.7. The molecule has 0 atom stereocenters. The van der Waals surface area contributed by atoms with Gasteiger partial charge in [-0.3, -0.25) is 4.79 Å². The Bertz CT molecular complexity index is 1280. The SMILES string of the molecule is O=C(Oc1ccc2c(c1)O/C(=C/c1ccc(-c3ccccc3)cc1)C2=O)c1ccco1. The molecule has 0 saturated carbocycles. The van der Waals surface area contributed by atoms with E-state index in [0.29, 0.717) is 11.3 Å². The zero-order valence-corrected chi connectivity index (χ0v) is 16.3. The van der Waals surface area contributed by atoms with Gasteiger partial charge in [0.25, 0.3) is 0 Å². The lowest BCUT2D eigenvalue weighted by atomic mass is 10.0. The van der Waals surface area contributed by atoms with E-state index in [1.54, 1.807) is 24.3 Å². The van der Waals surface area contributed by atoms with Crippen molar-refractivity contribution < 1.29 is 23.5 Å². The number of ether oxygens (including phenoxy) is 2. The zero-order chi connectivity index (χ0) is 21.2. The Morgan fingerprint density at radius 1 is 0.839 bits per heavy atom. The molecular formula is C26H16O5. The molecule has 150 valence electrons. The highest BCUT2D eigenvalue weighted by Gasteiger charge is 2.28. The molecule has 31 heavy (non-hydrogen) atoms. The Labute approximate surface area is 178 Å². The molecule has 0 fully saturated rings. The summed E-state index contributed by atoms with van der Waals surface area (Å²) >= 11 is 0. The molecule has 0 unspecified atom stereocenters. The van der Waals surface area contributed by atoms with Crippen LogP contribution in [0.15, 0.2) is 101 Å². The van der Waals surface area contributed by atoms with Gasteiger partial charge in [-0.05, 0) is 47.0 Å². The Balaban J connectivity index is 1.34. The summed E-state index contributed by atoms with van der Waals surface area (Å²) in [5.74, 6) is 0.0897. The highest BCUT2D eigenvalue weighted by molar-refractivity contribution is 6.14. The molecular weight excluding hydrogens is 392 g/mol. The van der Waals surface area contributed by atoms with E-state index in [4.69, 9.17) is 13.9 Å². The van der Waals surface area contributed by atoms with Gasteiger partial charge in [0.1, 0.15) is 11.5 Å². The maximum atomic E-state index is 12.7. The topological polar surface area (TPSA) is 65.7 Å². The van der Waals surface area contributed by atoms with Crippen molar-refractivity contribution in [3.05, 3.63) is 114 Å². The first-order valence-electron chi connectivity index (χ1n) is 9.67. The fourth-order valence-electron chi connectivity index (χ4n) is 3.34. The monoisotopic (exact) mass is 408 g/mol. The molecule has 0 radical (unpaired) electrons. The standard InChI is InChI=1S/C26H16O5/c27-25-21-13-12-20(30-26(28)22-7-4-14-29-22)16-23(21)31-24(25)15-17-8-10-19(11-9-17)18-5-2-1-3-6-18/h1-16H/b24-15+. The van der Waals surface area contributed by atoms with Gasteiger partial charge in [0.15, 0.2) is 5.76 Å². The van der Waals surface area contributed by atoms with Gasteiger partial charge in [-0.1, -0.05) is 54.6 Å². The van der Waals surface area contributed by atoms with Crippen molar-refractivity contribution >= 4 is 17.8 Å². The van der Waals surface area contributed by atoms with Gasteiger partial charge in [-0.2, -0.15) is 0 Å². The van der Waals surface area contributed by atoms with Gasteiger partial charge in [0.2, 0.25) is 11.5 Å². The second kappa shape index (κ2) is 7.80. The van der Waals surface area contributed by atoms with E-state index in [9.17, 15) is 9.59 Å². The third-order valence-electron chi connectivity index (χ3n) is 4.89. The van der Waals surface area contributed by atoms with Gasteiger partial charge >= 0.3 is 5.97 Å². The van der Waals surface area contributed by atoms with E-state index >= 15 is 0 Å². The summed E-state index contributed by atoms with van der Waals surface area (Å²) in [5, 5.41) is 0. The minimum atomic E-state index is -0.622. The first-order chi connectivity index (χ1) is 15.2. The van der Waals surface area contributed by atoms with Crippen LogP contribution in [0.4, 0.5) is 0 Å². The van der Waals surface area contributed by atoms with Crippen LogP contribution in [0.2, 0.25) is 0 Å². The van der Waals surface area contributed by atoms with Crippen LogP contribution in [-0.2, 0) is 0 Å². The average Bonchev–Trinajstić information content (AvgIpc) is 3.44. The van der Waals surface area contributed by atoms with Crippen LogP contribution in [0.5, 0.6) is 11.5 Å². The van der Waals surface area contributed by atoms with Crippen LogP contribution in [0.3, 0.4) is 0 Å². The Kier molecular flexibility index (Phi) is 4.69. The largest absolute Gasteiger partial charge is 0.457 e. The van der Waals surface area contributed by atoms with Crippen molar-refractivity contribution in [1.82, 2.24) is 0 Å². The molecule has 3 aromatic carbocycles. The van der Waals surface area contributed by atoms with Gasteiger partial charge in [-0.15, -0.1) is 0 Å². The molecule has 1 aliphatic rings. The number of esters is 1. The highest BCUT2D eigenvalue weighted by atomic mass is 16.5. The zero-order valence-electron chi connectivity index (χ0n) is 16.3. The van der Waals surface area contributed by atoms with Crippen LogP contribution in [0.25, 0.3) is 17.2 Å². The lowest BCUT2D eigenvalue weighted by molar-refractivity contribution is 0.0701. The van der Waals surface area contributed by atoms with E-state index in [1.807, 2.05) is 54.6 Å². The Morgan fingerprint density at radius 3 is 2.35 bits per heavy atom. The Hall–Kier alpha value is -4.38. The molecule has 0 saturated heterocycles. The molecule has 1 aromatic heterocycles. The van der Waals surface area contributed by atoms with E-state index in [-0.39, 0.29) is 23.1 Å². The Morgan fingerprint density at radius 2 is 1.61 bits per heavy atom. The van der Waals surface area contributed by atoms with Crippen LogP contribution >= 0.6 is 0 Å². The summed E-state index contributed by atoms with van der Waals surface area (Å²) in [5.41, 5.74) is 3.48. The first-order valence-corrected chi connectivity index (χ1v) is 9.67. The number of hydrogen-bond donors (Lipinski definition) is 0. The molecule has 2 heterocycles. The molecule has 0 bridgehead atoms. The summed E-state index contributed by atoms with van der Waals surface area (Å²) in [7, 11) is 0. The van der Waals surface area contributed by atoms with Crippen molar-refractivity contribution in [2.45, 2.75) is 0 Å². The molecule has 0 aliphatic carbocycles. The van der Waals surface area contributed by atoms with Gasteiger partial charge in [0.05, 0.1) is 11.8 Å². The first kappa shape index (κ1) is 18.6. The van der Waals surface area contributed by atoms with E-state index in [0.717, 1.165) is 16.7 Å². The normalized spacial score (nSPS) is 13.7. The molecule has 0 N–H and O–H groups in total. The lowest BCUT2D eigenvalue weighted by Crippen LogP contribution is -2.07. The van der Waals surface area contributed by atoms with Crippen LogP contribution in [0, 0.1) is 0 Å². The van der Waals surface area contributed by atoms with E-state index in [1.165, 1.54) is 18.4 Å². The molecule has 5 heteroatoms. The minimum Gasteiger partial charge on any atom is -0.457 e. The minimum absolute atomic E-state index is 0.0945. The van der Waals surface area contributed by atoms with Gasteiger partial charge in [-0.25, -0.2) is 4.79 Å². The number of allylic oxidation sites excluding steroid dienone is 1. The van der Waals surface area contributed by atoms with Crippen molar-refractivity contribution in [3.8, 4) is 22.6 Å². The second-order valence-corrected chi connectivity index (χ2v) is 6.95. The van der Waals surface area contributed by atoms with Crippen molar-refractivity contribution in [1.29, 1.82) is 0 Å². The van der Waals surface area contributed by atoms with E-state index < -0.39 is 5.97 Å². The highest BCUT2D eigenvalue weighted by Crippen LogP contribution is 2.35. The third-order valence-corrected chi connectivity index (χ3v) is 4.89. The second-order valence-electron chi connectivity index (χ2n) is 6.95.